The monoisotopic (exact) mass is 386 g/mol. The lowest BCUT2D eigenvalue weighted by Gasteiger charge is -2.34. The number of amides is 1. The number of likely N-dealkylation sites (tertiary alicyclic amines) is 1. The number of benzene rings is 1. The van der Waals surface area contributed by atoms with E-state index in [1.54, 1.807) is 0 Å². The Morgan fingerprint density at radius 2 is 1.81 bits per heavy atom. The zero-order chi connectivity index (χ0) is 20.2. The van der Waals surface area contributed by atoms with E-state index < -0.39 is 35.2 Å². The molecule has 0 saturated carbocycles. The highest BCUT2D eigenvalue weighted by Crippen LogP contribution is 2.34. The van der Waals surface area contributed by atoms with Gasteiger partial charge in [0.15, 0.2) is 6.04 Å². The minimum absolute atomic E-state index is 0.104. The topological polar surface area (TPSA) is 69.6 Å². The number of piperidine rings is 1. The van der Waals surface area contributed by atoms with Crippen molar-refractivity contribution in [2.45, 2.75) is 51.4 Å². The van der Waals surface area contributed by atoms with Gasteiger partial charge >= 0.3 is 12.1 Å². The Bertz CT molecular complexity index is 668. The number of hydrogen-bond acceptors (Lipinski definition) is 3. The lowest BCUT2D eigenvalue weighted by atomic mass is 9.92. The Hall–Kier alpha value is -2.09. The summed E-state index contributed by atoms with van der Waals surface area (Å²) in [7, 11) is 0. The number of carboxylic acids is 1. The maximum atomic E-state index is 13.2. The number of nitrogens with zero attached hydrogens (tertiary/aromatic N) is 1. The molecular formula is C19H25F3N2O3. The predicted octanol–water partition coefficient (Wildman–Crippen LogP) is 3.46. The van der Waals surface area contributed by atoms with Crippen molar-refractivity contribution in [1.29, 1.82) is 0 Å². The first-order chi connectivity index (χ1) is 12.6. The molecule has 150 valence electrons. The molecule has 1 aromatic carbocycles. The van der Waals surface area contributed by atoms with Gasteiger partial charge in [0.2, 0.25) is 5.91 Å². The summed E-state index contributed by atoms with van der Waals surface area (Å²) in [4.78, 5) is 26.1. The third-order valence-corrected chi connectivity index (χ3v) is 4.98. The lowest BCUT2D eigenvalue weighted by molar-refractivity contribution is -0.144. The second-order valence-electron chi connectivity index (χ2n) is 7.20. The molecular weight excluding hydrogens is 361 g/mol. The number of alkyl halides is 3. The Morgan fingerprint density at radius 1 is 1.22 bits per heavy atom. The van der Waals surface area contributed by atoms with Gasteiger partial charge in [0.25, 0.3) is 0 Å². The van der Waals surface area contributed by atoms with E-state index in [9.17, 15) is 27.9 Å². The van der Waals surface area contributed by atoms with Crippen LogP contribution in [0.4, 0.5) is 13.2 Å². The number of hydrogen-bond donors (Lipinski definition) is 2. The van der Waals surface area contributed by atoms with E-state index in [0.29, 0.717) is 6.04 Å². The van der Waals surface area contributed by atoms with Crippen molar-refractivity contribution in [3.63, 3.8) is 0 Å². The van der Waals surface area contributed by atoms with Crippen LogP contribution in [-0.2, 0) is 15.8 Å². The van der Waals surface area contributed by atoms with Crippen LogP contribution in [0, 0.1) is 5.92 Å². The molecule has 1 amide bonds. The summed E-state index contributed by atoms with van der Waals surface area (Å²) in [5.41, 5.74) is -1.51. The van der Waals surface area contributed by atoms with Crippen LogP contribution in [0.2, 0.25) is 0 Å². The second-order valence-corrected chi connectivity index (χ2v) is 7.20. The second kappa shape index (κ2) is 8.73. The van der Waals surface area contributed by atoms with E-state index in [4.69, 9.17) is 0 Å². The number of aliphatic carboxylic acids is 1. The average molecular weight is 386 g/mol. The smallest absolute Gasteiger partial charge is 0.416 e. The van der Waals surface area contributed by atoms with Crippen LogP contribution >= 0.6 is 0 Å². The van der Waals surface area contributed by atoms with Gasteiger partial charge in [-0.1, -0.05) is 18.2 Å². The van der Waals surface area contributed by atoms with Gasteiger partial charge in [-0.2, -0.15) is 13.2 Å². The molecule has 1 aliphatic heterocycles. The van der Waals surface area contributed by atoms with Crippen LogP contribution in [0.15, 0.2) is 24.3 Å². The maximum Gasteiger partial charge on any atom is 0.416 e. The van der Waals surface area contributed by atoms with Crippen LogP contribution in [0.3, 0.4) is 0 Å². The summed E-state index contributed by atoms with van der Waals surface area (Å²) in [5, 5.41) is 11.7. The van der Waals surface area contributed by atoms with Crippen molar-refractivity contribution in [3.05, 3.63) is 35.4 Å². The van der Waals surface area contributed by atoms with Crippen molar-refractivity contribution < 1.29 is 27.9 Å². The summed E-state index contributed by atoms with van der Waals surface area (Å²) in [5.74, 6) is -1.95. The number of nitrogens with one attached hydrogen (secondary N) is 1. The molecule has 5 nitrogen and oxygen atoms in total. The van der Waals surface area contributed by atoms with Crippen molar-refractivity contribution in [3.8, 4) is 0 Å². The van der Waals surface area contributed by atoms with E-state index in [1.165, 1.54) is 12.1 Å². The van der Waals surface area contributed by atoms with Gasteiger partial charge in [-0.3, -0.25) is 4.79 Å². The molecule has 2 rings (SSSR count). The molecule has 0 aliphatic carbocycles. The van der Waals surface area contributed by atoms with Gasteiger partial charge in [-0.05, 0) is 57.3 Å². The molecule has 27 heavy (non-hydrogen) atoms. The number of rotatable bonds is 6. The first-order valence-corrected chi connectivity index (χ1v) is 9.02. The Morgan fingerprint density at radius 3 is 2.33 bits per heavy atom. The van der Waals surface area contributed by atoms with Crippen molar-refractivity contribution in [2.75, 3.05) is 13.1 Å². The average Bonchev–Trinajstić information content (AvgIpc) is 2.59. The SMILES string of the molecule is CC(C)N1CCC(CC(=O)N[C@@H](C(=O)O)c2ccccc2C(F)(F)F)CC1. The molecule has 0 radical (unpaired) electrons. The number of halogens is 3. The van der Waals surface area contributed by atoms with Crippen LogP contribution in [0.1, 0.15) is 50.3 Å². The van der Waals surface area contributed by atoms with Gasteiger partial charge in [0.05, 0.1) is 5.56 Å². The molecule has 0 bridgehead atoms. The van der Waals surface area contributed by atoms with Crippen LogP contribution in [-0.4, -0.2) is 41.0 Å². The zero-order valence-electron chi connectivity index (χ0n) is 15.4. The Kier molecular flexibility index (Phi) is 6.86. The van der Waals surface area contributed by atoms with Crippen molar-refractivity contribution in [2.24, 2.45) is 5.92 Å². The van der Waals surface area contributed by atoms with Crippen molar-refractivity contribution in [1.82, 2.24) is 10.2 Å². The van der Waals surface area contributed by atoms with Gasteiger partial charge in [-0.15, -0.1) is 0 Å². The molecule has 1 saturated heterocycles. The first kappa shape index (κ1) is 21.2. The first-order valence-electron chi connectivity index (χ1n) is 9.02. The molecule has 1 heterocycles. The third kappa shape index (κ3) is 5.69. The molecule has 1 atom stereocenters. The Labute approximate surface area is 156 Å². The minimum atomic E-state index is -4.70. The summed E-state index contributed by atoms with van der Waals surface area (Å²) >= 11 is 0. The summed E-state index contributed by atoms with van der Waals surface area (Å²) in [6.07, 6.45) is -2.96. The normalized spacial score (nSPS) is 17.7. The minimum Gasteiger partial charge on any atom is -0.479 e. The fourth-order valence-electron chi connectivity index (χ4n) is 3.43. The standard InChI is InChI=1S/C19H25F3N2O3/c1-12(2)24-9-7-13(8-10-24)11-16(25)23-17(18(26)27)14-5-3-4-6-15(14)19(20,21)22/h3-6,12-13,17H,7-11H2,1-2H3,(H,23,25)(H,26,27)/t17-/m1/s1. The molecule has 0 unspecified atom stereocenters. The Balaban J connectivity index is 2.05. The molecule has 2 N–H and O–H groups in total. The van der Waals surface area contributed by atoms with Gasteiger partial charge in [-0.25, -0.2) is 4.79 Å². The van der Waals surface area contributed by atoms with Crippen LogP contribution in [0.5, 0.6) is 0 Å². The van der Waals surface area contributed by atoms with Gasteiger partial charge in [0, 0.05) is 12.5 Å². The highest BCUT2D eigenvalue weighted by Gasteiger charge is 2.37. The van der Waals surface area contributed by atoms with E-state index in [1.807, 2.05) is 0 Å². The maximum absolute atomic E-state index is 13.2. The predicted molar refractivity (Wildman–Crippen MR) is 94.0 cm³/mol. The van der Waals surface area contributed by atoms with E-state index >= 15 is 0 Å². The van der Waals surface area contributed by atoms with E-state index in [0.717, 1.165) is 38.1 Å². The molecule has 0 aromatic heterocycles. The summed E-state index contributed by atoms with van der Waals surface area (Å²) in [6.45, 7) is 5.91. The van der Waals surface area contributed by atoms with Crippen LogP contribution < -0.4 is 5.32 Å². The largest absolute Gasteiger partial charge is 0.479 e. The number of carbonyl (C=O) groups excluding carboxylic acids is 1. The van der Waals surface area contributed by atoms with Crippen molar-refractivity contribution >= 4 is 11.9 Å². The molecule has 8 heteroatoms. The molecule has 1 fully saturated rings. The summed E-state index contributed by atoms with van der Waals surface area (Å²) in [6, 6.07) is 3.12. The van der Waals surface area contributed by atoms with Gasteiger partial charge < -0.3 is 15.3 Å². The fourth-order valence-corrected chi connectivity index (χ4v) is 3.43. The number of carbonyl (C=O) groups is 2. The van der Waals surface area contributed by atoms with Crippen LogP contribution in [0.25, 0.3) is 0 Å². The zero-order valence-corrected chi connectivity index (χ0v) is 15.4. The third-order valence-electron chi connectivity index (χ3n) is 4.98. The van der Waals surface area contributed by atoms with Gasteiger partial charge in [0.1, 0.15) is 0 Å². The number of carboxylic acid groups (broad SMARTS) is 1. The van der Waals surface area contributed by atoms with E-state index in [-0.39, 0.29) is 12.3 Å². The summed E-state index contributed by atoms with van der Waals surface area (Å²) < 4.78 is 39.5. The lowest BCUT2D eigenvalue weighted by Crippen LogP contribution is -2.40. The highest BCUT2D eigenvalue weighted by molar-refractivity contribution is 5.85. The fraction of sp³-hybridized carbons (Fsp3) is 0.579. The van der Waals surface area contributed by atoms with E-state index in [2.05, 4.69) is 24.1 Å². The molecule has 1 aromatic rings. The highest BCUT2D eigenvalue weighted by atomic mass is 19.4. The molecule has 1 aliphatic rings. The quantitative estimate of drug-likeness (QED) is 0.786. The molecule has 0 spiro atoms.